The first-order chi connectivity index (χ1) is 8.54. The lowest BCUT2D eigenvalue weighted by Gasteiger charge is -2.19. The standard InChI is InChI=1S/C15H23FN2/c1-12-4-5-15(16)8-14(12)11-18-7-6-13(10-18)9-17(2)3/h4-5,8,13H,6-7,9-11H2,1-3H3. The van der Waals surface area contributed by atoms with Gasteiger partial charge in [0.15, 0.2) is 0 Å². The van der Waals surface area contributed by atoms with E-state index in [2.05, 4.69) is 30.8 Å². The molecule has 1 saturated heterocycles. The van der Waals surface area contributed by atoms with E-state index in [1.807, 2.05) is 6.07 Å². The molecule has 0 bridgehead atoms. The fraction of sp³-hybridized carbons (Fsp3) is 0.600. The van der Waals surface area contributed by atoms with Crippen molar-refractivity contribution in [2.45, 2.75) is 19.9 Å². The van der Waals surface area contributed by atoms with Gasteiger partial charge in [-0.25, -0.2) is 4.39 Å². The molecule has 0 spiro atoms. The fourth-order valence-electron chi connectivity index (χ4n) is 2.77. The second-order valence-corrected chi connectivity index (χ2v) is 5.72. The zero-order valence-electron chi connectivity index (χ0n) is 11.6. The normalized spacial score (nSPS) is 20.8. The van der Waals surface area contributed by atoms with Crippen molar-refractivity contribution in [3.63, 3.8) is 0 Å². The number of benzene rings is 1. The van der Waals surface area contributed by atoms with E-state index in [0.717, 1.165) is 37.7 Å². The average Bonchev–Trinajstić information content (AvgIpc) is 2.70. The van der Waals surface area contributed by atoms with Gasteiger partial charge in [-0.2, -0.15) is 0 Å². The summed E-state index contributed by atoms with van der Waals surface area (Å²) in [5.74, 6) is 0.633. The van der Waals surface area contributed by atoms with Crippen molar-refractivity contribution in [3.05, 3.63) is 35.1 Å². The summed E-state index contributed by atoms with van der Waals surface area (Å²) in [7, 11) is 4.25. The van der Waals surface area contributed by atoms with Crippen LogP contribution in [-0.2, 0) is 6.54 Å². The molecule has 1 aliphatic rings. The molecule has 0 aliphatic carbocycles. The van der Waals surface area contributed by atoms with E-state index in [9.17, 15) is 4.39 Å². The van der Waals surface area contributed by atoms with Crippen LogP contribution in [0.3, 0.4) is 0 Å². The molecule has 18 heavy (non-hydrogen) atoms. The maximum Gasteiger partial charge on any atom is 0.123 e. The van der Waals surface area contributed by atoms with Gasteiger partial charge in [-0.1, -0.05) is 6.07 Å². The minimum absolute atomic E-state index is 0.125. The highest BCUT2D eigenvalue weighted by Crippen LogP contribution is 2.21. The summed E-state index contributed by atoms with van der Waals surface area (Å²) in [6.07, 6.45) is 1.26. The minimum Gasteiger partial charge on any atom is -0.309 e. The van der Waals surface area contributed by atoms with Gasteiger partial charge < -0.3 is 4.90 Å². The summed E-state index contributed by atoms with van der Waals surface area (Å²) in [4.78, 5) is 4.69. The molecule has 100 valence electrons. The van der Waals surface area contributed by atoms with E-state index in [1.54, 1.807) is 6.07 Å². The number of nitrogens with zero attached hydrogens (tertiary/aromatic N) is 2. The molecule has 0 amide bonds. The monoisotopic (exact) mass is 250 g/mol. The largest absolute Gasteiger partial charge is 0.309 e. The lowest BCUT2D eigenvalue weighted by Crippen LogP contribution is -2.25. The molecule has 2 nitrogen and oxygen atoms in total. The van der Waals surface area contributed by atoms with Crippen molar-refractivity contribution < 1.29 is 4.39 Å². The lowest BCUT2D eigenvalue weighted by molar-refractivity contribution is 0.285. The first-order valence-corrected chi connectivity index (χ1v) is 6.66. The summed E-state index contributed by atoms with van der Waals surface area (Å²) in [5.41, 5.74) is 2.31. The van der Waals surface area contributed by atoms with Gasteiger partial charge in [-0.3, -0.25) is 4.90 Å². The molecule has 0 N–H and O–H groups in total. The Labute approximate surface area is 109 Å². The molecule has 0 radical (unpaired) electrons. The summed E-state index contributed by atoms with van der Waals surface area (Å²) < 4.78 is 13.2. The van der Waals surface area contributed by atoms with Crippen molar-refractivity contribution in [2.24, 2.45) is 5.92 Å². The number of rotatable bonds is 4. The van der Waals surface area contributed by atoms with Gasteiger partial charge in [0.2, 0.25) is 0 Å². The number of hydrogen-bond donors (Lipinski definition) is 0. The quantitative estimate of drug-likeness (QED) is 0.810. The summed E-state index contributed by atoms with van der Waals surface area (Å²) >= 11 is 0. The van der Waals surface area contributed by atoms with Crippen molar-refractivity contribution in [2.75, 3.05) is 33.7 Å². The first kappa shape index (κ1) is 13.5. The van der Waals surface area contributed by atoms with E-state index in [-0.39, 0.29) is 5.82 Å². The predicted molar refractivity (Wildman–Crippen MR) is 73.1 cm³/mol. The van der Waals surface area contributed by atoms with E-state index in [0.29, 0.717) is 0 Å². The number of hydrogen-bond acceptors (Lipinski definition) is 2. The molecule has 1 heterocycles. The first-order valence-electron chi connectivity index (χ1n) is 6.66. The molecule has 1 unspecified atom stereocenters. The molecule has 1 aromatic carbocycles. The Morgan fingerprint density at radius 1 is 1.39 bits per heavy atom. The second-order valence-electron chi connectivity index (χ2n) is 5.72. The highest BCUT2D eigenvalue weighted by molar-refractivity contribution is 5.26. The van der Waals surface area contributed by atoms with Gasteiger partial charge in [0.1, 0.15) is 5.82 Å². The number of aryl methyl sites for hydroxylation is 1. The fourth-order valence-corrected chi connectivity index (χ4v) is 2.77. The highest BCUT2D eigenvalue weighted by Gasteiger charge is 2.23. The molecular weight excluding hydrogens is 227 g/mol. The van der Waals surface area contributed by atoms with Crippen molar-refractivity contribution in [1.29, 1.82) is 0 Å². The van der Waals surface area contributed by atoms with Crippen LogP contribution < -0.4 is 0 Å². The van der Waals surface area contributed by atoms with Gasteiger partial charge >= 0.3 is 0 Å². The van der Waals surface area contributed by atoms with Gasteiger partial charge in [0.05, 0.1) is 0 Å². The Morgan fingerprint density at radius 2 is 2.17 bits per heavy atom. The van der Waals surface area contributed by atoms with E-state index < -0.39 is 0 Å². The minimum atomic E-state index is -0.125. The van der Waals surface area contributed by atoms with Crippen molar-refractivity contribution in [3.8, 4) is 0 Å². The molecule has 3 heteroatoms. The van der Waals surface area contributed by atoms with Crippen molar-refractivity contribution >= 4 is 0 Å². The van der Waals surface area contributed by atoms with Crippen LogP contribution in [0.1, 0.15) is 17.5 Å². The molecule has 1 aromatic rings. The zero-order valence-corrected chi connectivity index (χ0v) is 11.6. The van der Waals surface area contributed by atoms with Crippen LogP contribution in [-0.4, -0.2) is 43.5 Å². The smallest absolute Gasteiger partial charge is 0.123 e. The Kier molecular flexibility index (Phi) is 4.36. The Balaban J connectivity index is 1.93. The molecule has 1 fully saturated rings. The molecule has 1 aliphatic heterocycles. The third-order valence-electron chi connectivity index (χ3n) is 3.70. The average molecular weight is 250 g/mol. The summed E-state index contributed by atoms with van der Waals surface area (Å²) in [6.45, 7) is 6.36. The maximum absolute atomic E-state index is 13.2. The lowest BCUT2D eigenvalue weighted by atomic mass is 10.1. The van der Waals surface area contributed by atoms with Crippen LogP contribution in [0.5, 0.6) is 0 Å². The number of likely N-dealkylation sites (tertiary alicyclic amines) is 1. The third kappa shape index (κ3) is 3.53. The SMILES string of the molecule is Cc1ccc(F)cc1CN1CCC(CN(C)C)C1. The molecular formula is C15H23FN2. The predicted octanol–water partition coefficient (Wildman–Crippen LogP) is 2.52. The Morgan fingerprint density at radius 3 is 2.89 bits per heavy atom. The van der Waals surface area contributed by atoms with Gasteiger partial charge in [-0.05, 0) is 63.2 Å². The highest BCUT2D eigenvalue weighted by atomic mass is 19.1. The Hall–Kier alpha value is -0.930. The van der Waals surface area contributed by atoms with Crippen LogP contribution in [0.25, 0.3) is 0 Å². The summed E-state index contributed by atoms with van der Waals surface area (Å²) in [5, 5.41) is 0. The third-order valence-corrected chi connectivity index (χ3v) is 3.70. The maximum atomic E-state index is 13.2. The van der Waals surface area contributed by atoms with Gasteiger partial charge in [-0.15, -0.1) is 0 Å². The van der Waals surface area contributed by atoms with Crippen LogP contribution in [0.15, 0.2) is 18.2 Å². The topological polar surface area (TPSA) is 6.48 Å². The zero-order chi connectivity index (χ0) is 13.1. The molecule has 1 atom stereocenters. The van der Waals surface area contributed by atoms with Crippen LogP contribution in [0.2, 0.25) is 0 Å². The molecule has 2 rings (SSSR count). The number of halogens is 1. The van der Waals surface area contributed by atoms with Crippen LogP contribution >= 0.6 is 0 Å². The van der Waals surface area contributed by atoms with E-state index in [4.69, 9.17) is 0 Å². The molecule has 0 aromatic heterocycles. The van der Waals surface area contributed by atoms with E-state index in [1.165, 1.54) is 18.1 Å². The van der Waals surface area contributed by atoms with E-state index >= 15 is 0 Å². The Bertz CT molecular complexity index is 403. The van der Waals surface area contributed by atoms with Crippen molar-refractivity contribution in [1.82, 2.24) is 9.80 Å². The van der Waals surface area contributed by atoms with Crippen LogP contribution in [0, 0.1) is 18.7 Å². The van der Waals surface area contributed by atoms with Gasteiger partial charge in [0, 0.05) is 19.6 Å². The summed E-state index contributed by atoms with van der Waals surface area (Å²) in [6, 6.07) is 5.09. The molecule has 0 saturated carbocycles. The second kappa shape index (κ2) is 5.81. The van der Waals surface area contributed by atoms with Gasteiger partial charge in [0.25, 0.3) is 0 Å². The van der Waals surface area contributed by atoms with Crippen LogP contribution in [0.4, 0.5) is 4.39 Å².